The molecule has 1 atom stereocenters. The van der Waals surface area contributed by atoms with Crippen LogP contribution in [0.2, 0.25) is 0 Å². The molecule has 0 aliphatic heterocycles. The van der Waals surface area contributed by atoms with Crippen molar-refractivity contribution in [1.29, 1.82) is 0 Å². The number of carbonyl (C=O) groups is 3. The molecular weight excluding hydrogens is 356 g/mol. The first kappa shape index (κ1) is 21.1. The quantitative estimate of drug-likeness (QED) is 0.563. The van der Waals surface area contributed by atoms with E-state index in [1.165, 1.54) is 0 Å². The molecule has 4 N–H and O–H groups in total. The minimum atomic E-state index is -0.837. The Morgan fingerprint density at radius 2 is 1.61 bits per heavy atom. The van der Waals surface area contributed by atoms with Crippen LogP contribution in [0.25, 0.3) is 0 Å². The zero-order chi connectivity index (χ0) is 20.4. The van der Waals surface area contributed by atoms with Crippen LogP contribution < -0.4 is 21.3 Å². The number of amides is 4. The first-order valence-electron chi connectivity index (χ1n) is 9.29. The Balaban J connectivity index is 2.05. The number of para-hydroxylation sites is 1. The highest BCUT2D eigenvalue weighted by atomic mass is 16.2. The summed E-state index contributed by atoms with van der Waals surface area (Å²) in [6.07, 6.45) is 0.797. The van der Waals surface area contributed by atoms with Gasteiger partial charge in [-0.05, 0) is 30.5 Å². The summed E-state index contributed by atoms with van der Waals surface area (Å²) in [5.41, 5.74) is 2.44. The second-order valence-corrected chi connectivity index (χ2v) is 6.13. The van der Waals surface area contributed by atoms with E-state index in [2.05, 4.69) is 21.3 Å². The first-order valence-corrected chi connectivity index (χ1v) is 9.29. The Morgan fingerprint density at radius 3 is 2.29 bits per heavy atom. The van der Waals surface area contributed by atoms with Crippen molar-refractivity contribution < 1.29 is 14.4 Å². The fourth-order valence-electron chi connectivity index (χ4n) is 2.74. The lowest BCUT2D eigenvalue weighted by Gasteiger charge is -2.18. The molecule has 28 heavy (non-hydrogen) atoms. The maximum absolute atomic E-state index is 12.5. The Bertz CT molecular complexity index is 808. The molecule has 148 valence electrons. The predicted molar refractivity (Wildman–Crippen MR) is 109 cm³/mol. The van der Waals surface area contributed by atoms with Crippen molar-refractivity contribution in [3.05, 3.63) is 65.7 Å². The maximum atomic E-state index is 12.5. The number of hydrogen-bond acceptors (Lipinski definition) is 4. The number of benzene rings is 2. The van der Waals surface area contributed by atoms with Gasteiger partial charge in [0.25, 0.3) is 0 Å². The number of rotatable bonds is 8. The highest BCUT2D eigenvalue weighted by molar-refractivity contribution is 5.98. The van der Waals surface area contributed by atoms with Crippen LogP contribution in [0, 0.1) is 0 Å². The molecule has 0 aliphatic carbocycles. The van der Waals surface area contributed by atoms with Gasteiger partial charge in [-0.15, -0.1) is 0 Å². The van der Waals surface area contributed by atoms with Crippen molar-refractivity contribution in [1.82, 2.24) is 16.0 Å². The summed E-state index contributed by atoms with van der Waals surface area (Å²) < 4.78 is 0. The van der Waals surface area contributed by atoms with Crippen LogP contribution in [-0.2, 0) is 16.0 Å². The number of imide groups is 1. The molecule has 2 aromatic rings. The Morgan fingerprint density at radius 1 is 0.929 bits per heavy atom. The van der Waals surface area contributed by atoms with E-state index in [1.54, 1.807) is 31.2 Å². The summed E-state index contributed by atoms with van der Waals surface area (Å²) in [6.45, 7) is 4.10. The molecule has 7 heteroatoms. The molecule has 0 fully saturated rings. The minimum absolute atomic E-state index is 0.0829. The maximum Gasteiger partial charge on any atom is 0.321 e. The summed E-state index contributed by atoms with van der Waals surface area (Å²) in [6, 6.07) is 15.1. The summed E-state index contributed by atoms with van der Waals surface area (Å²) in [7, 11) is 0. The van der Waals surface area contributed by atoms with Crippen LogP contribution in [0.3, 0.4) is 0 Å². The van der Waals surface area contributed by atoms with Crippen LogP contribution in [0.5, 0.6) is 0 Å². The molecule has 7 nitrogen and oxygen atoms in total. The number of aryl methyl sites for hydroxylation is 1. The van der Waals surface area contributed by atoms with Gasteiger partial charge in [0.2, 0.25) is 11.8 Å². The fourth-order valence-corrected chi connectivity index (χ4v) is 2.74. The van der Waals surface area contributed by atoms with E-state index >= 15 is 0 Å². The first-order chi connectivity index (χ1) is 13.5. The Kier molecular flexibility index (Phi) is 8.17. The molecule has 0 unspecified atom stereocenters. The van der Waals surface area contributed by atoms with E-state index in [4.69, 9.17) is 0 Å². The third-order valence-corrected chi connectivity index (χ3v) is 4.11. The van der Waals surface area contributed by atoms with E-state index in [0.717, 1.165) is 17.7 Å². The summed E-state index contributed by atoms with van der Waals surface area (Å²) >= 11 is 0. The average molecular weight is 382 g/mol. The molecule has 0 saturated carbocycles. The zero-order valence-electron chi connectivity index (χ0n) is 16.1. The molecular formula is C21H26N4O3. The van der Waals surface area contributed by atoms with Gasteiger partial charge in [0, 0.05) is 12.2 Å². The normalized spacial score (nSPS) is 11.4. The predicted octanol–water partition coefficient (Wildman–Crippen LogP) is 2.36. The van der Waals surface area contributed by atoms with Gasteiger partial charge in [-0.3, -0.25) is 20.2 Å². The van der Waals surface area contributed by atoms with Gasteiger partial charge >= 0.3 is 6.03 Å². The molecule has 0 aliphatic rings. The van der Waals surface area contributed by atoms with E-state index in [0.29, 0.717) is 12.1 Å². The van der Waals surface area contributed by atoms with Gasteiger partial charge in [0.15, 0.2) is 0 Å². The van der Waals surface area contributed by atoms with E-state index in [9.17, 15) is 14.4 Å². The molecule has 0 aromatic heterocycles. The molecule has 0 saturated heterocycles. The van der Waals surface area contributed by atoms with E-state index in [-0.39, 0.29) is 12.5 Å². The number of urea groups is 1. The molecule has 0 bridgehead atoms. The van der Waals surface area contributed by atoms with Crippen LogP contribution in [-0.4, -0.2) is 30.9 Å². The zero-order valence-corrected chi connectivity index (χ0v) is 16.1. The van der Waals surface area contributed by atoms with E-state index in [1.807, 2.05) is 37.3 Å². The highest BCUT2D eigenvalue weighted by Gasteiger charge is 2.22. The van der Waals surface area contributed by atoms with E-state index < -0.39 is 18.0 Å². The van der Waals surface area contributed by atoms with Gasteiger partial charge in [0.1, 0.15) is 6.04 Å². The third-order valence-electron chi connectivity index (χ3n) is 4.11. The third kappa shape index (κ3) is 6.21. The van der Waals surface area contributed by atoms with Crippen LogP contribution >= 0.6 is 0 Å². The fraction of sp³-hybridized carbons (Fsp3) is 0.286. The number of anilines is 1. The van der Waals surface area contributed by atoms with Crippen molar-refractivity contribution in [2.75, 3.05) is 18.4 Å². The number of carbonyl (C=O) groups excluding carboxylic acids is 3. The lowest BCUT2D eigenvalue weighted by molar-refractivity contribution is -0.122. The lowest BCUT2D eigenvalue weighted by atomic mass is 10.1. The molecule has 0 spiro atoms. The minimum Gasteiger partial charge on any atom is -0.338 e. The largest absolute Gasteiger partial charge is 0.338 e. The van der Waals surface area contributed by atoms with Gasteiger partial charge in [-0.1, -0.05) is 55.5 Å². The molecule has 0 radical (unpaired) electrons. The van der Waals surface area contributed by atoms with Crippen LogP contribution in [0.4, 0.5) is 10.5 Å². The SMILES string of the molecule is CCNC(=O)NC(=O)[C@@H](NCC(=O)Nc1ccccc1CC)c1ccccc1. The lowest BCUT2D eigenvalue weighted by Crippen LogP contribution is -2.46. The standard InChI is InChI=1S/C21H26N4O3/c1-3-15-10-8-9-13-17(15)24-18(26)14-23-19(16-11-6-5-7-12-16)20(27)25-21(28)22-4-2/h5-13,19,23H,3-4,14H2,1-2H3,(H,24,26)(H2,22,25,27,28)/t19-/m0/s1. The second kappa shape index (κ2) is 10.8. The van der Waals surface area contributed by atoms with Crippen LogP contribution in [0.1, 0.15) is 31.0 Å². The molecule has 4 amide bonds. The van der Waals surface area contributed by atoms with Crippen molar-refractivity contribution >= 4 is 23.5 Å². The summed E-state index contributed by atoms with van der Waals surface area (Å²) in [5, 5.41) is 10.6. The number of nitrogens with one attached hydrogen (secondary N) is 4. The monoisotopic (exact) mass is 382 g/mol. The Labute approximate surface area is 164 Å². The molecule has 2 aromatic carbocycles. The van der Waals surface area contributed by atoms with Crippen molar-refractivity contribution in [2.45, 2.75) is 26.3 Å². The van der Waals surface area contributed by atoms with Gasteiger partial charge in [-0.2, -0.15) is 0 Å². The van der Waals surface area contributed by atoms with Crippen molar-refractivity contribution in [2.24, 2.45) is 0 Å². The molecule has 2 rings (SSSR count). The molecule has 0 heterocycles. The number of hydrogen-bond donors (Lipinski definition) is 4. The summed E-state index contributed by atoms with van der Waals surface area (Å²) in [5.74, 6) is -0.799. The van der Waals surface area contributed by atoms with Gasteiger partial charge in [0.05, 0.1) is 6.54 Å². The highest BCUT2D eigenvalue weighted by Crippen LogP contribution is 2.16. The summed E-state index contributed by atoms with van der Waals surface area (Å²) in [4.78, 5) is 36.6. The topological polar surface area (TPSA) is 99.3 Å². The average Bonchev–Trinajstić information content (AvgIpc) is 2.69. The second-order valence-electron chi connectivity index (χ2n) is 6.13. The van der Waals surface area contributed by atoms with Gasteiger partial charge < -0.3 is 10.6 Å². The van der Waals surface area contributed by atoms with Crippen LogP contribution in [0.15, 0.2) is 54.6 Å². The van der Waals surface area contributed by atoms with Crippen molar-refractivity contribution in [3.8, 4) is 0 Å². The smallest absolute Gasteiger partial charge is 0.321 e. The Hall–Kier alpha value is -3.19. The van der Waals surface area contributed by atoms with Crippen molar-refractivity contribution in [3.63, 3.8) is 0 Å². The van der Waals surface area contributed by atoms with Gasteiger partial charge in [-0.25, -0.2) is 4.79 Å².